The van der Waals surface area contributed by atoms with Gasteiger partial charge in [-0.2, -0.15) is 4.98 Å². The molecule has 1 fully saturated rings. The number of rotatable bonds is 4. The SMILES string of the molecule is Nc1nc2c(nc(Nc3ccc4c5c(cccc35)C(=O)c3ccccc3-4)n2[C@@H]2O[C@H](CO)[C@@H](O)[C@H]2O)c(=O)[nH]1. The highest BCUT2D eigenvalue weighted by Crippen LogP contribution is 2.43. The third kappa shape index (κ3) is 3.33. The van der Waals surface area contributed by atoms with Crippen LogP contribution < -0.4 is 16.6 Å². The number of hydrogen-bond acceptors (Lipinski definition) is 10. The van der Waals surface area contributed by atoms with Gasteiger partial charge in [0.1, 0.15) is 18.3 Å². The van der Waals surface area contributed by atoms with Crippen LogP contribution in [0.3, 0.4) is 0 Å². The van der Waals surface area contributed by atoms with E-state index in [1.165, 1.54) is 4.57 Å². The Balaban J connectivity index is 1.43. The molecular weight excluding hydrogens is 504 g/mol. The molecule has 2 aliphatic rings. The number of carbonyl (C=O) groups is 1. The number of imidazole rings is 1. The lowest BCUT2D eigenvalue weighted by Gasteiger charge is -2.23. The van der Waals surface area contributed by atoms with E-state index in [2.05, 4.69) is 20.3 Å². The van der Waals surface area contributed by atoms with E-state index < -0.39 is 36.7 Å². The number of aromatic nitrogens is 4. The van der Waals surface area contributed by atoms with E-state index in [0.29, 0.717) is 16.8 Å². The summed E-state index contributed by atoms with van der Waals surface area (Å²) in [6, 6.07) is 16.6. The van der Waals surface area contributed by atoms with Crippen molar-refractivity contribution in [2.75, 3.05) is 17.7 Å². The number of hydrogen-bond donors (Lipinski definition) is 6. The van der Waals surface area contributed by atoms with Crippen LogP contribution in [0.25, 0.3) is 33.1 Å². The Morgan fingerprint density at radius 1 is 0.949 bits per heavy atom. The minimum absolute atomic E-state index is 0.0143. The molecule has 0 spiro atoms. The van der Waals surface area contributed by atoms with Crippen molar-refractivity contribution >= 4 is 45.3 Å². The number of aromatic amines is 1. The Morgan fingerprint density at radius 3 is 2.49 bits per heavy atom. The number of anilines is 3. The first-order chi connectivity index (χ1) is 18.9. The van der Waals surface area contributed by atoms with Crippen molar-refractivity contribution in [3.8, 4) is 11.1 Å². The number of benzene rings is 3. The van der Waals surface area contributed by atoms with Crippen LogP contribution in [0.2, 0.25) is 0 Å². The average molecular weight is 527 g/mol. The summed E-state index contributed by atoms with van der Waals surface area (Å²) >= 11 is 0. The van der Waals surface area contributed by atoms with Crippen molar-refractivity contribution in [2.24, 2.45) is 0 Å². The molecule has 0 saturated carbocycles. The molecule has 7 N–H and O–H groups in total. The lowest BCUT2D eigenvalue weighted by Crippen LogP contribution is -2.33. The number of aliphatic hydroxyl groups is 3. The van der Waals surface area contributed by atoms with Crippen molar-refractivity contribution in [2.45, 2.75) is 24.5 Å². The second-order valence-electron chi connectivity index (χ2n) is 9.55. The molecule has 2 aromatic heterocycles. The monoisotopic (exact) mass is 526 g/mol. The first-order valence-electron chi connectivity index (χ1n) is 12.2. The molecule has 12 heteroatoms. The molecule has 4 atom stereocenters. The van der Waals surface area contributed by atoms with Gasteiger partial charge in [-0.05, 0) is 17.2 Å². The van der Waals surface area contributed by atoms with E-state index in [1.54, 1.807) is 12.1 Å². The quantitative estimate of drug-likeness (QED) is 0.196. The second-order valence-corrected chi connectivity index (χ2v) is 9.55. The van der Waals surface area contributed by atoms with E-state index in [1.807, 2.05) is 42.5 Å². The summed E-state index contributed by atoms with van der Waals surface area (Å²) in [5.41, 5.74) is 8.64. The molecule has 0 unspecified atom stereocenters. The molecule has 39 heavy (non-hydrogen) atoms. The minimum Gasteiger partial charge on any atom is -0.394 e. The Labute approximate surface area is 219 Å². The highest BCUT2D eigenvalue weighted by Gasteiger charge is 2.45. The average Bonchev–Trinajstić information content (AvgIpc) is 3.43. The van der Waals surface area contributed by atoms with Crippen molar-refractivity contribution in [1.29, 1.82) is 0 Å². The first kappa shape index (κ1) is 23.5. The molecule has 1 aliphatic heterocycles. The number of aliphatic hydroxyl groups excluding tert-OH is 3. The third-order valence-corrected chi connectivity index (χ3v) is 7.33. The molecule has 3 aromatic carbocycles. The summed E-state index contributed by atoms with van der Waals surface area (Å²) < 4.78 is 7.08. The molecule has 3 heterocycles. The van der Waals surface area contributed by atoms with Gasteiger partial charge < -0.3 is 31.1 Å². The van der Waals surface area contributed by atoms with Gasteiger partial charge in [0.15, 0.2) is 23.2 Å². The first-order valence-corrected chi connectivity index (χ1v) is 12.2. The normalized spacial score (nSPS) is 22.0. The molecule has 0 amide bonds. The fraction of sp³-hybridized carbons (Fsp3) is 0.185. The number of carbonyl (C=O) groups excluding carboxylic acids is 1. The number of H-pyrrole nitrogens is 1. The van der Waals surface area contributed by atoms with E-state index in [9.17, 15) is 24.9 Å². The van der Waals surface area contributed by atoms with Crippen molar-refractivity contribution in [3.63, 3.8) is 0 Å². The third-order valence-electron chi connectivity index (χ3n) is 7.33. The maximum atomic E-state index is 13.3. The fourth-order valence-corrected chi connectivity index (χ4v) is 5.53. The van der Waals surface area contributed by atoms with Crippen LogP contribution in [-0.2, 0) is 4.74 Å². The van der Waals surface area contributed by atoms with Crippen LogP contribution >= 0.6 is 0 Å². The molecule has 12 nitrogen and oxygen atoms in total. The highest BCUT2D eigenvalue weighted by molar-refractivity contribution is 6.27. The summed E-state index contributed by atoms with van der Waals surface area (Å²) in [4.78, 5) is 37.0. The topological polar surface area (TPSA) is 189 Å². The van der Waals surface area contributed by atoms with E-state index in [0.717, 1.165) is 21.9 Å². The van der Waals surface area contributed by atoms with E-state index in [-0.39, 0.29) is 28.8 Å². The summed E-state index contributed by atoms with van der Waals surface area (Å²) in [7, 11) is 0. The number of nitrogens with two attached hydrogens (primary N) is 1. The lowest BCUT2D eigenvalue weighted by atomic mass is 9.82. The standard InChI is InChI=1S/C27H22N6O6/c28-26-31-23-19(24(38)32-26)30-27(33(23)25-22(37)21(36)17(10-34)39-25)29-16-9-8-12-11-4-1-2-5-13(11)20(35)15-7-3-6-14(16)18(12)15/h1-9,17,21-22,25,34,36-37H,10H2,(H,29,30)(H3,28,31,32,38)/t17-,21-,22-,25-/m1/s1. The molecular formula is C27H22N6O6. The molecule has 1 saturated heterocycles. The van der Waals surface area contributed by atoms with Crippen LogP contribution in [0.4, 0.5) is 17.6 Å². The number of fused-ring (bicyclic) bond motifs is 3. The van der Waals surface area contributed by atoms with Crippen LogP contribution in [-0.4, -0.2) is 65.5 Å². The predicted octanol–water partition coefficient (Wildman–Crippen LogP) is 1.42. The fourth-order valence-electron chi connectivity index (χ4n) is 5.53. The molecule has 0 bridgehead atoms. The van der Waals surface area contributed by atoms with Gasteiger partial charge in [0.2, 0.25) is 11.9 Å². The van der Waals surface area contributed by atoms with Crippen molar-refractivity contribution < 1.29 is 24.9 Å². The van der Waals surface area contributed by atoms with E-state index >= 15 is 0 Å². The number of ketones is 1. The Bertz CT molecular complexity index is 1880. The summed E-state index contributed by atoms with van der Waals surface area (Å²) in [6.45, 7) is -0.537. The smallest absolute Gasteiger partial charge is 0.280 e. The van der Waals surface area contributed by atoms with Gasteiger partial charge in [0.05, 0.1) is 6.61 Å². The van der Waals surface area contributed by atoms with Gasteiger partial charge in [-0.25, -0.2) is 4.98 Å². The van der Waals surface area contributed by atoms with Crippen molar-refractivity contribution in [1.82, 2.24) is 19.5 Å². The maximum absolute atomic E-state index is 13.3. The molecule has 7 rings (SSSR count). The second kappa shape index (κ2) is 8.44. The van der Waals surface area contributed by atoms with Crippen LogP contribution in [0, 0.1) is 0 Å². The highest BCUT2D eigenvalue weighted by atomic mass is 16.6. The molecule has 196 valence electrons. The molecule has 1 aliphatic carbocycles. The Hall–Kier alpha value is -4.62. The predicted molar refractivity (Wildman–Crippen MR) is 142 cm³/mol. The minimum atomic E-state index is -1.46. The van der Waals surface area contributed by atoms with Crippen LogP contribution in [0.5, 0.6) is 0 Å². The zero-order valence-corrected chi connectivity index (χ0v) is 20.2. The van der Waals surface area contributed by atoms with E-state index in [4.69, 9.17) is 10.5 Å². The van der Waals surface area contributed by atoms with Gasteiger partial charge >= 0.3 is 0 Å². The van der Waals surface area contributed by atoms with Crippen LogP contribution in [0.1, 0.15) is 22.1 Å². The number of ether oxygens (including phenoxy) is 1. The summed E-state index contributed by atoms with van der Waals surface area (Å²) in [6.07, 6.45) is -5.17. The Morgan fingerprint density at radius 2 is 1.72 bits per heavy atom. The van der Waals surface area contributed by atoms with Gasteiger partial charge in [-0.15, -0.1) is 0 Å². The Kier molecular flexibility index (Phi) is 5.09. The van der Waals surface area contributed by atoms with Crippen molar-refractivity contribution in [3.05, 3.63) is 76.1 Å². The zero-order chi connectivity index (χ0) is 27.0. The zero-order valence-electron chi connectivity index (χ0n) is 20.2. The summed E-state index contributed by atoms with van der Waals surface area (Å²) in [5.74, 6) is -0.178. The van der Waals surface area contributed by atoms with Gasteiger partial charge in [-0.3, -0.25) is 19.1 Å². The largest absolute Gasteiger partial charge is 0.394 e. The van der Waals surface area contributed by atoms with Gasteiger partial charge in [0, 0.05) is 27.6 Å². The van der Waals surface area contributed by atoms with Gasteiger partial charge in [0.25, 0.3) is 5.56 Å². The number of nitrogen functional groups attached to an aromatic ring is 1. The van der Waals surface area contributed by atoms with Gasteiger partial charge in [-0.1, -0.05) is 48.5 Å². The number of nitrogens with zero attached hydrogens (tertiary/aromatic N) is 3. The molecule has 0 radical (unpaired) electrons. The summed E-state index contributed by atoms with van der Waals surface area (Å²) in [5, 5.41) is 35.5. The lowest BCUT2D eigenvalue weighted by molar-refractivity contribution is -0.0501. The maximum Gasteiger partial charge on any atom is 0.280 e. The number of nitrogens with one attached hydrogen (secondary N) is 2. The molecule has 5 aromatic rings. The van der Waals surface area contributed by atoms with Crippen LogP contribution in [0.15, 0.2) is 59.4 Å².